The molecule has 0 fully saturated rings. The van der Waals surface area contributed by atoms with Crippen molar-refractivity contribution < 1.29 is 18.5 Å². The predicted molar refractivity (Wildman–Crippen MR) is 132 cm³/mol. The van der Waals surface area contributed by atoms with Gasteiger partial charge in [-0.3, -0.25) is 14.2 Å². The number of aromatic nitrogens is 1. The molecule has 0 unspecified atom stereocenters. The van der Waals surface area contributed by atoms with Gasteiger partial charge in [0.15, 0.2) is 0 Å². The van der Waals surface area contributed by atoms with Crippen LogP contribution in [0.2, 0.25) is 0 Å². The van der Waals surface area contributed by atoms with Gasteiger partial charge < -0.3 is 20.4 Å². The van der Waals surface area contributed by atoms with Gasteiger partial charge in [-0.2, -0.15) is 0 Å². The van der Waals surface area contributed by atoms with Crippen LogP contribution >= 0.6 is 29.7 Å². The SMILES string of the molecule is Cn1c(Nc2ccc(I)cc2F)c(C(N)=O)c(Oc2cccc(CP(C)(C)=O)c2)cc1=O. The van der Waals surface area contributed by atoms with Gasteiger partial charge in [-0.25, -0.2) is 4.39 Å². The minimum atomic E-state index is -2.31. The lowest BCUT2D eigenvalue weighted by Gasteiger charge is -2.18. The Labute approximate surface area is 198 Å². The molecule has 0 aliphatic carbocycles. The van der Waals surface area contributed by atoms with Crippen molar-refractivity contribution in [1.29, 1.82) is 0 Å². The minimum Gasteiger partial charge on any atom is -0.456 e. The Kier molecular flexibility index (Phi) is 7.09. The lowest BCUT2D eigenvalue weighted by Crippen LogP contribution is -2.25. The van der Waals surface area contributed by atoms with Crippen molar-refractivity contribution in [1.82, 2.24) is 4.57 Å². The Balaban J connectivity index is 2.08. The second-order valence-corrected chi connectivity index (χ2v) is 12.4. The van der Waals surface area contributed by atoms with Gasteiger partial charge in [0.2, 0.25) is 0 Å². The largest absolute Gasteiger partial charge is 0.456 e. The van der Waals surface area contributed by atoms with E-state index in [1.54, 1.807) is 37.6 Å². The van der Waals surface area contributed by atoms with Crippen molar-refractivity contribution in [3.8, 4) is 11.5 Å². The molecular weight excluding hydrogens is 547 g/mol. The molecular formula is C22H22FIN3O4P. The van der Waals surface area contributed by atoms with E-state index in [4.69, 9.17) is 10.5 Å². The zero-order valence-corrected chi connectivity index (χ0v) is 20.7. The second kappa shape index (κ2) is 9.46. The van der Waals surface area contributed by atoms with Crippen LogP contribution in [0.5, 0.6) is 11.5 Å². The molecule has 0 saturated carbocycles. The molecule has 1 heterocycles. The number of ether oxygens (including phenoxy) is 1. The number of hydrogen-bond acceptors (Lipinski definition) is 5. The summed E-state index contributed by atoms with van der Waals surface area (Å²) in [6.45, 7) is 3.38. The highest BCUT2D eigenvalue weighted by molar-refractivity contribution is 14.1. The monoisotopic (exact) mass is 569 g/mol. The van der Waals surface area contributed by atoms with Gasteiger partial charge in [-0.15, -0.1) is 0 Å². The smallest absolute Gasteiger partial charge is 0.256 e. The summed E-state index contributed by atoms with van der Waals surface area (Å²) in [6, 6.07) is 12.5. The number of carbonyl (C=O) groups is 1. The van der Waals surface area contributed by atoms with Crippen molar-refractivity contribution >= 4 is 47.1 Å². The molecule has 3 aromatic rings. The van der Waals surface area contributed by atoms with E-state index in [1.807, 2.05) is 28.7 Å². The maximum Gasteiger partial charge on any atom is 0.256 e. The Morgan fingerprint density at radius 2 is 1.94 bits per heavy atom. The molecule has 0 aliphatic rings. The Bertz CT molecular complexity index is 1300. The van der Waals surface area contributed by atoms with Crippen LogP contribution in [0.3, 0.4) is 0 Å². The number of anilines is 2. The number of halogens is 2. The van der Waals surface area contributed by atoms with Gasteiger partial charge in [0.25, 0.3) is 11.5 Å². The third kappa shape index (κ3) is 5.77. The molecule has 1 aromatic heterocycles. The summed E-state index contributed by atoms with van der Waals surface area (Å²) in [4.78, 5) is 24.9. The number of amides is 1. The Hall–Kier alpha value is -2.65. The molecule has 0 saturated heterocycles. The summed E-state index contributed by atoms with van der Waals surface area (Å²) < 4.78 is 34.3. The van der Waals surface area contributed by atoms with E-state index in [0.717, 1.165) is 16.2 Å². The fourth-order valence-electron chi connectivity index (χ4n) is 3.13. The van der Waals surface area contributed by atoms with Crippen LogP contribution in [0.4, 0.5) is 15.9 Å². The molecule has 0 aliphatic heterocycles. The van der Waals surface area contributed by atoms with Crippen LogP contribution in [0.15, 0.2) is 53.3 Å². The average molecular weight is 569 g/mol. The van der Waals surface area contributed by atoms with Gasteiger partial charge in [-0.1, -0.05) is 12.1 Å². The maximum atomic E-state index is 14.4. The third-order valence-electron chi connectivity index (χ3n) is 4.52. The zero-order chi connectivity index (χ0) is 23.6. The number of nitrogens with zero attached hydrogens (tertiary/aromatic N) is 1. The van der Waals surface area contributed by atoms with Crippen LogP contribution in [0, 0.1) is 9.39 Å². The Morgan fingerprint density at radius 3 is 2.56 bits per heavy atom. The number of rotatable bonds is 7. The van der Waals surface area contributed by atoms with Gasteiger partial charge in [-0.05, 0) is 71.8 Å². The quantitative estimate of drug-likeness (QED) is 0.312. The van der Waals surface area contributed by atoms with Crippen LogP contribution in [0.1, 0.15) is 15.9 Å². The maximum absolute atomic E-state index is 14.4. The highest BCUT2D eigenvalue weighted by Gasteiger charge is 2.22. The van der Waals surface area contributed by atoms with E-state index < -0.39 is 24.4 Å². The van der Waals surface area contributed by atoms with Gasteiger partial charge in [0.1, 0.15) is 28.7 Å². The topological polar surface area (TPSA) is 103 Å². The summed E-state index contributed by atoms with van der Waals surface area (Å²) in [6.07, 6.45) is 0.377. The van der Waals surface area contributed by atoms with E-state index in [-0.39, 0.29) is 22.8 Å². The fourth-order valence-corrected chi connectivity index (χ4v) is 4.66. The van der Waals surface area contributed by atoms with Crippen molar-refractivity contribution in [2.75, 3.05) is 18.6 Å². The minimum absolute atomic E-state index is 0.00267. The number of nitrogens with one attached hydrogen (secondary N) is 1. The number of primary amides is 1. The van der Waals surface area contributed by atoms with Crippen LogP contribution < -0.4 is 21.3 Å². The Morgan fingerprint density at radius 1 is 1.22 bits per heavy atom. The molecule has 1 amide bonds. The van der Waals surface area contributed by atoms with Gasteiger partial charge in [0, 0.05) is 22.8 Å². The molecule has 0 atom stereocenters. The molecule has 3 rings (SSSR count). The molecule has 0 bridgehead atoms. The summed E-state index contributed by atoms with van der Waals surface area (Å²) in [5.74, 6) is -1.13. The standard InChI is InChI=1S/C22H22FIN3O4P/c1-27-19(28)11-18(31-15-6-4-5-13(9-15)12-32(2,3)30)20(21(25)29)22(27)26-17-8-7-14(24)10-16(17)23/h4-11,26H,12H2,1-3H3,(H2,25,29). The van der Waals surface area contributed by atoms with Crippen molar-refractivity contribution in [3.63, 3.8) is 0 Å². The third-order valence-corrected chi connectivity index (χ3v) is 6.32. The van der Waals surface area contributed by atoms with E-state index in [0.29, 0.717) is 15.5 Å². The first-order chi connectivity index (χ1) is 14.9. The molecule has 168 valence electrons. The lowest BCUT2D eigenvalue weighted by atomic mass is 10.2. The number of hydrogen-bond donors (Lipinski definition) is 2. The van der Waals surface area contributed by atoms with E-state index in [1.165, 1.54) is 19.2 Å². The fraction of sp³-hybridized carbons (Fsp3) is 0.182. The average Bonchev–Trinajstić information content (AvgIpc) is 2.66. The van der Waals surface area contributed by atoms with Gasteiger partial charge >= 0.3 is 0 Å². The van der Waals surface area contributed by atoms with Crippen LogP contribution in [-0.2, 0) is 17.8 Å². The summed E-state index contributed by atoms with van der Waals surface area (Å²) in [7, 11) is -0.877. The number of benzene rings is 2. The number of carbonyl (C=O) groups excluding carboxylic acids is 1. The molecule has 10 heteroatoms. The highest BCUT2D eigenvalue weighted by atomic mass is 127. The molecule has 2 aromatic carbocycles. The molecule has 3 N–H and O–H groups in total. The molecule has 7 nitrogen and oxygen atoms in total. The van der Waals surface area contributed by atoms with Crippen LogP contribution in [-0.4, -0.2) is 23.8 Å². The summed E-state index contributed by atoms with van der Waals surface area (Å²) in [5.41, 5.74) is 5.89. The first kappa shape index (κ1) is 24.0. The first-order valence-corrected chi connectivity index (χ1v) is 13.4. The highest BCUT2D eigenvalue weighted by Crippen LogP contribution is 2.41. The normalized spacial score (nSPS) is 11.3. The van der Waals surface area contributed by atoms with E-state index in [2.05, 4.69) is 5.32 Å². The second-order valence-electron chi connectivity index (χ2n) is 7.72. The zero-order valence-electron chi connectivity index (χ0n) is 17.7. The summed E-state index contributed by atoms with van der Waals surface area (Å²) in [5, 5.41) is 2.79. The number of pyridine rings is 1. The predicted octanol–water partition coefficient (Wildman–Crippen LogP) is 4.89. The van der Waals surface area contributed by atoms with Crippen molar-refractivity contribution in [2.45, 2.75) is 6.16 Å². The molecule has 0 radical (unpaired) electrons. The van der Waals surface area contributed by atoms with Crippen molar-refractivity contribution in [3.05, 3.63) is 79.4 Å². The number of nitrogens with two attached hydrogens (primary N) is 1. The van der Waals surface area contributed by atoms with Crippen molar-refractivity contribution in [2.24, 2.45) is 12.8 Å². The lowest BCUT2D eigenvalue weighted by molar-refractivity contribution is 0.0998. The molecule has 0 spiro atoms. The molecule has 32 heavy (non-hydrogen) atoms. The summed E-state index contributed by atoms with van der Waals surface area (Å²) >= 11 is 1.98. The first-order valence-electron chi connectivity index (χ1n) is 9.51. The van der Waals surface area contributed by atoms with E-state index >= 15 is 0 Å². The van der Waals surface area contributed by atoms with Crippen LogP contribution in [0.25, 0.3) is 0 Å². The van der Waals surface area contributed by atoms with E-state index in [9.17, 15) is 18.5 Å². The van der Waals surface area contributed by atoms with Gasteiger partial charge in [0.05, 0.1) is 12.8 Å².